The fourth-order valence-corrected chi connectivity index (χ4v) is 4.55. The van der Waals surface area contributed by atoms with Gasteiger partial charge in [-0.1, -0.05) is 34.9 Å². The summed E-state index contributed by atoms with van der Waals surface area (Å²) in [5.74, 6) is -1.13. The fourth-order valence-electron chi connectivity index (χ4n) is 4.35. The molecule has 1 saturated carbocycles. The van der Waals surface area contributed by atoms with Gasteiger partial charge in [-0.25, -0.2) is 14.4 Å². The molecule has 0 radical (unpaired) electrons. The Hall–Kier alpha value is -3.72. The van der Waals surface area contributed by atoms with Crippen molar-refractivity contribution in [1.29, 1.82) is 0 Å². The maximum absolute atomic E-state index is 15.1. The van der Waals surface area contributed by atoms with Crippen molar-refractivity contribution in [2.75, 3.05) is 12.3 Å². The van der Waals surface area contributed by atoms with Crippen molar-refractivity contribution >= 4 is 23.3 Å². The van der Waals surface area contributed by atoms with Gasteiger partial charge in [-0.2, -0.15) is 0 Å². The minimum Gasteiger partial charge on any atom is -0.393 e. The molecule has 1 atom stereocenters. The van der Waals surface area contributed by atoms with E-state index in [1.54, 1.807) is 36.5 Å². The van der Waals surface area contributed by atoms with E-state index < -0.39 is 17.8 Å². The van der Waals surface area contributed by atoms with Crippen LogP contribution in [0.1, 0.15) is 59.3 Å². The molecule has 0 bridgehead atoms. The maximum atomic E-state index is 15.1. The number of halogens is 2. The summed E-state index contributed by atoms with van der Waals surface area (Å²) in [6.07, 6.45) is 4.30. The summed E-state index contributed by atoms with van der Waals surface area (Å²) in [4.78, 5) is 24.5. The summed E-state index contributed by atoms with van der Waals surface area (Å²) in [6, 6.07) is 10.2. The lowest BCUT2D eigenvalue weighted by Crippen LogP contribution is -2.31. The Labute approximate surface area is 212 Å². The number of aliphatic hydroxyl groups is 1. The van der Waals surface area contributed by atoms with Crippen LogP contribution in [0.2, 0.25) is 5.02 Å². The zero-order valence-corrected chi connectivity index (χ0v) is 20.1. The van der Waals surface area contributed by atoms with Crippen molar-refractivity contribution in [3.8, 4) is 11.3 Å². The lowest BCUT2D eigenvalue weighted by Gasteiger charge is -2.25. The van der Waals surface area contributed by atoms with Crippen molar-refractivity contribution in [2.45, 2.75) is 43.7 Å². The molecule has 0 saturated heterocycles. The number of carbonyl (C=O) groups excluding carboxylic acids is 1. The highest BCUT2D eigenvalue weighted by Crippen LogP contribution is 2.34. The number of anilines is 1. The minimum absolute atomic E-state index is 0.0700. The van der Waals surface area contributed by atoms with Gasteiger partial charge >= 0.3 is 0 Å². The molecule has 4 N–H and O–H groups in total. The lowest BCUT2D eigenvalue weighted by molar-refractivity contribution is 0.0933. The van der Waals surface area contributed by atoms with Crippen LogP contribution >= 0.6 is 11.6 Å². The van der Waals surface area contributed by atoms with E-state index in [9.17, 15) is 9.90 Å². The summed E-state index contributed by atoms with van der Waals surface area (Å²) >= 11 is 6.05. The molecular formula is C25H25ClFN7O2. The first kappa shape index (κ1) is 25.4. The van der Waals surface area contributed by atoms with Gasteiger partial charge in [-0.05, 0) is 61.0 Å². The molecule has 1 amide bonds. The molecule has 1 heterocycles. The van der Waals surface area contributed by atoms with Crippen molar-refractivity contribution in [3.63, 3.8) is 0 Å². The molecule has 186 valence electrons. The van der Waals surface area contributed by atoms with E-state index in [1.807, 2.05) is 0 Å². The second-order valence-electron chi connectivity index (χ2n) is 8.72. The molecule has 1 aliphatic carbocycles. The van der Waals surface area contributed by atoms with Gasteiger partial charge < -0.3 is 16.2 Å². The van der Waals surface area contributed by atoms with E-state index >= 15 is 4.39 Å². The van der Waals surface area contributed by atoms with Gasteiger partial charge in [0.2, 0.25) is 0 Å². The largest absolute Gasteiger partial charge is 0.393 e. The Morgan fingerprint density at radius 1 is 1.28 bits per heavy atom. The first-order chi connectivity index (χ1) is 17.4. The van der Waals surface area contributed by atoms with Crippen LogP contribution in [-0.2, 0) is 0 Å². The lowest BCUT2D eigenvalue weighted by atomic mass is 9.85. The van der Waals surface area contributed by atoms with Gasteiger partial charge in [-0.3, -0.25) is 4.79 Å². The first-order valence-electron chi connectivity index (χ1n) is 11.5. The van der Waals surface area contributed by atoms with E-state index in [2.05, 4.69) is 25.3 Å². The highest BCUT2D eigenvalue weighted by molar-refractivity contribution is 6.30. The highest BCUT2D eigenvalue weighted by atomic mass is 35.5. The topological polar surface area (TPSA) is 150 Å². The van der Waals surface area contributed by atoms with E-state index in [-0.39, 0.29) is 29.9 Å². The quantitative estimate of drug-likeness (QED) is 0.224. The predicted molar refractivity (Wildman–Crippen MR) is 135 cm³/mol. The predicted octanol–water partition coefficient (Wildman–Crippen LogP) is 5.32. The fraction of sp³-hybridized carbons (Fsp3) is 0.320. The maximum Gasteiger partial charge on any atom is 0.254 e. The number of amides is 1. The molecule has 36 heavy (non-hydrogen) atoms. The molecule has 1 fully saturated rings. The van der Waals surface area contributed by atoms with Crippen LogP contribution in [-0.4, -0.2) is 33.6 Å². The average Bonchev–Trinajstić information content (AvgIpc) is 2.87. The molecule has 9 nitrogen and oxygen atoms in total. The van der Waals surface area contributed by atoms with Crippen LogP contribution in [0, 0.1) is 5.82 Å². The summed E-state index contributed by atoms with van der Waals surface area (Å²) < 4.78 is 15.1. The Bertz CT molecular complexity index is 1310. The Morgan fingerprint density at radius 2 is 2.06 bits per heavy atom. The minimum atomic E-state index is -0.758. The highest BCUT2D eigenvalue weighted by Gasteiger charge is 2.24. The number of rotatable bonds is 7. The standard InChI is InChI=1S/C25H25ClFN7O2/c26-17-3-1-2-15(10-17)22(13-31-34-29)33-25(36)19-9-6-16(11-20(19)27)23-24(28)30-12-21(32-23)14-4-7-18(35)8-5-14/h1-3,6,9-12,14,18,22,35H,4-5,7-8,13H2,(H2,28,30)(H,33,36)/t14?,18?,22-/m1/s1. The zero-order valence-electron chi connectivity index (χ0n) is 19.3. The molecule has 3 aromatic rings. The third kappa shape index (κ3) is 5.91. The van der Waals surface area contributed by atoms with E-state index in [4.69, 9.17) is 22.9 Å². The Morgan fingerprint density at radius 3 is 2.75 bits per heavy atom. The van der Waals surface area contributed by atoms with Gasteiger partial charge in [0.05, 0.1) is 36.1 Å². The summed E-state index contributed by atoms with van der Waals surface area (Å²) in [5, 5.41) is 16.5. The van der Waals surface area contributed by atoms with E-state index in [1.165, 1.54) is 12.1 Å². The van der Waals surface area contributed by atoms with Crippen LogP contribution in [0.5, 0.6) is 0 Å². The van der Waals surface area contributed by atoms with Crippen molar-refractivity contribution in [3.05, 3.63) is 86.8 Å². The number of nitrogens with two attached hydrogens (primary N) is 1. The third-order valence-corrected chi connectivity index (χ3v) is 6.54. The zero-order chi connectivity index (χ0) is 25.7. The molecule has 2 aromatic carbocycles. The van der Waals surface area contributed by atoms with Crippen LogP contribution < -0.4 is 11.1 Å². The molecule has 1 aliphatic rings. The summed E-state index contributed by atoms with van der Waals surface area (Å²) in [5.41, 5.74) is 16.7. The molecule has 0 aliphatic heterocycles. The van der Waals surface area contributed by atoms with Gasteiger partial charge in [0.25, 0.3) is 5.91 Å². The molecule has 0 unspecified atom stereocenters. The van der Waals surface area contributed by atoms with Crippen molar-refractivity contribution in [2.24, 2.45) is 5.11 Å². The number of nitrogens with one attached hydrogen (secondary N) is 1. The van der Waals surface area contributed by atoms with E-state index in [0.29, 0.717) is 34.7 Å². The summed E-state index contributed by atoms with van der Waals surface area (Å²) in [6.45, 7) is -0.0700. The first-order valence-corrected chi connectivity index (χ1v) is 11.9. The number of azide groups is 1. The molecule has 0 spiro atoms. The molecule has 4 rings (SSSR count). The SMILES string of the molecule is [N-]=[N+]=NC[C@@H](NC(=O)c1ccc(-c2nc(C3CCC(O)CC3)cnc2N)cc1F)c1cccc(Cl)c1. The molecule has 1 aromatic heterocycles. The number of nitrogens with zero attached hydrogens (tertiary/aromatic N) is 5. The van der Waals surface area contributed by atoms with Gasteiger partial charge in [0, 0.05) is 21.4 Å². The number of nitrogen functional groups attached to an aromatic ring is 1. The van der Waals surface area contributed by atoms with Crippen LogP contribution in [0.25, 0.3) is 21.7 Å². The van der Waals surface area contributed by atoms with Crippen molar-refractivity contribution < 1.29 is 14.3 Å². The number of hydrogen-bond donors (Lipinski definition) is 3. The third-order valence-electron chi connectivity index (χ3n) is 6.31. The molecular weight excluding hydrogens is 485 g/mol. The van der Waals surface area contributed by atoms with Crippen LogP contribution in [0.15, 0.2) is 53.8 Å². The van der Waals surface area contributed by atoms with Crippen LogP contribution in [0.4, 0.5) is 10.2 Å². The van der Waals surface area contributed by atoms with Crippen molar-refractivity contribution in [1.82, 2.24) is 15.3 Å². The number of benzene rings is 2. The second-order valence-corrected chi connectivity index (χ2v) is 9.16. The number of hydrogen-bond acceptors (Lipinski definition) is 6. The molecule has 11 heteroatoms. The van der Waals surface area contributed by atoms with E-state index in [0.717, 1.165) is 18.5 Å². The second kappa shape index (κ2) is 11.3. The Balaban J connectivity index is 1.56. The summed E-state index contributed by atoms with van der Waals surface area (Å²) in [7, 11) is 0. The smallest absolute Gasteiger partial charge is 0.254 e. The number of aromatic nitrogens is 2. The monoisotopic (exact) mass is 509 g/mol. The number of aliphatic hydroxyl groups excluding tert-OH is 1. The van der Waals surface area contributed by atoms with Gasteiger partial charge in [-0.15, -0.1) is 0 Å². The Kier molecular flexibility index (Phi) is 8.00. The normalized spacial score (nSPS) is 18.2. The number of carbonyl (C=O) groups is 1. The van der Waals surface area contributed by atoms with Crippen LogP contribution in [0.3, 0.4) is 0 Å². The van der Waals surface area contributed by atoms with Gasteiger partial charge in [0.15, 0.2) is 0 Å². The average molecular weight is 510 g/mol. The van der Waals surface area contributed by atoms with Gasteiger partial charge in [0.1, 0.15) is 17.3 Å².